The zero-order valence-corrected chi connectivity index (χ0v) is 24.2. The molecule has 0 unspecified atom stereocenters. The highest BCUT2D eigenvalue weighted by Crippen LogP contribution is 2.47. The van der Waals surface area contributed by atoms with Gasteiger partial charge in [-0.2, -0.15) is 0 Å². The molecule has 39 heavy (non-hydrogen) atoms. The molecule has 3 saturated heterocycles. The first-order valence-corrected chi connectivity index (χ1v) is 14.8. The van der Waals surface area contributed by atoms with Crippen molar-refractivity contribution in [2.24, 2.45) is 0 Å². The summed E-state index contributed by atoms with van der Waals surface area (Å²) in [6, 6.07) is 7.13. The third kappa shape index (κ3) is 8.30. The fourth-order valence-corrected chi connectivity index (χ4v) is 5.79. The maximum Gasteiger partial charge on any atom is 0.412 e. The smallest absolute Gasteiger partial charge is 0.412 e. The molecule has 0 aliphatic carbocycles. The van der Waals surface area contributed by atoms with Crippen molar-refractivity contribution in [2.75, 3.05) is 45.3 Å². The first kappa shape index (κ1) is 30.1. The Morgan fingerprint density at radius 3 is 2.44 bits per heavy atom. The maximum atomic E-state index is 13.1. The van der Waals surface area contributed by atoms with Crippen LogP contribution < -0.4 is 10.1 Å². The van der Waals surface area contributed by atoms with E-state index in [9.17, 15) is 4.79 Å². The molecule has 1 aromatic carbocycles. The maximum absolute atomic E-state index is 13.1. The first-order chi connectivity index (χ1) is 18.8. The van der Waals surface area contributed by atoms with Crippen molar-refractivity contribution >= 4 is 11.8 Å². The number of carbonyl (C=O) groups is 1. The van der Waals surface area contributed by atoms with Crippen molar-refractivity contribution in [3.63, 3.8) is 0 Å². The number of ether oxygens (including phenoxy) is 6. The van der Waals surface area contributed by atoms with E-state index in [-0.39, 0.29) is 6.61 Å². The van der Waals surface area contributed by atoms with Gasteiger partial charge in [-0.15, -0.1) is 0 Å². The minimum Gasteiger partial charge on any atom is -0.497 e. The second kappa shape index (κ2) is 14.1. The molecule has 9 nitrogen and oxygen atoms in total. The SMILES string of the molecule is CCCCCCCOC[C@@]12O[C@@H](CN3CCCCCC3)[C@@H](OC(=O)Nc3ccc(OC)cc3)[C@@H]1OC(C)(C)O2. The van der Waals surface area contributed by atoms with Gasteiger partial charge in [0, 0.05) is 18.8 Å². The van der Waals surface area contributed by atoms with Crippen LogP contribution in [-0.4, -0.2) is 80.8 Å². The van der Waals surface area contributed by atoms with Gasteiger partial charge in [-0.05, 0) is 70.5 Å². The number of benzene rings is 1. The lowest BCUT2D eigenvalue weighted by Gasteiger charge is -2.31. The summed E-state index contributed by atoms with van der Waals surface area (Å²) in [7, 11) is 1.61. The predicted octanol–water partition coefficient (Wildman–Crippen LogP) is 5.72. The highest BCUT2D eigenvalue weighted by atomic mass is 16.9. The first-order valence-electron chi connectivity index (χ1n) is 14.8. The van der Waals surface area contributed by atoms with Crippen molar-refractivity contribution in [3.05, 3.63) is 24.3 Å². The van der Waals surface area contributed by atoms with Crippen LogP contribution in [0, 0.1) is 0 Å². The number of nitrogens with zero attached hydrogens (tertiary/aromatic N) is 1. The third-order valence-corrected chi connectivity index (χ3v) is 7.69. The van der Waals surface area contributed by atoms with Crippen molar-refractivity contribution in [3.8, 4) is 5.75 Å². The van der Waals surface area contributed by atoms with Gasteiger partial charge in [-0.3, -0.25) is 5.32 Å². The van der Waals surface area contributed by atoms with E-state index in [2.05, 4.69) is 17.1 Å². The summed E-state index contributed by atoms with van der Waals surface area (Å²) < 4.78 is 36.8. The van der Waals surface area contributed by atoms with Gasteiger partial charge in [-0.1, -0.05) is 45.4 Å². The number of likely N-dealkylation sites (tertiary alicyclic amines) is 1. The monoisotopic (exact) mass is 548 g/mol. The average Bonchev–Trinajstić information content (AvgIpc) is 3.15. The van der Waals surface area contributed by atoms with Crippen molar-refractivity contribution < 1.29 is 33.2 Å². The number of hydrogen-bond donors (Lipinski definition) is 1. The quantitative estimate of drug-likeness (QED) is 0.313. The van der Waals surface area contributed by atoms with Gasteiger partial charge in [0.15, 0.2) is 18.0 Å². The van der Waals surface area contributed by atoms with Crippen LogP contribution in [0.3, 0.4) is 0 Å². The summed E-state index contributed by atoms with van der Waals surface area (Å²) in [6.07, 6.45) is 8.39. The van der Waals surface area contributed by atoms with E-state index in [0.29, 0.717) is 24.6 Å². The number of amides is 1. The highest BCUT2D eigenvalue weighted by Gasteiger charge is 2.66. The van der Waals surface area contributed by atoms with Crippen molar-refractivity contribution in [1.82, 2.24) is 4.90 Å². The number of fused-ring (bicyclic) bond motifs is 1. The molecular formula is C30H48N2O7. The van der Waals surface area contributed by atoms with Crippen LogP contribution in [0.1, 0.15) is 78.6 Å². The van der Waals surface area contributed by atoms with E-state index >= 15 is 0 Å². The molecule has 0 spiro atoms. The van der Waals surface area contributed by atoms with Crippen LogP contribution in [0.2, 0.25) is 0 Å². The van der Waals surface area contributed by atoms with Gasteiger partial charge >= 0.3 is 6.09 Å². The molecule has 220 valence electrons. The summed E-state index contributed by atoms with van der Waals surface area (Å²) >= 11 is 0. The molecule has 0 bridgehead atoms. The lowest BCUT2D eigenvalue weighted by molar-refractivity contribution is -0.279. The molecule has 0 radical (unpaired) electrons. The minimum absolute atomic E-state index is 0.228. The fraction of sp³-hybridized carbons (Fsp3) is 0.767. The van der Waals surface area contributed by atoms with Crippen LogP contribution in [0.5, 0.6) is 5.75 Å². The van der Waals surface area contributed by atoms with Crippen molar-refractivity contribution in [2.45, 2.75) is 108 Å². The Hall–Kier alpha value is -1.91. The van der Waals surface area contributed by atoms with E-state index in [1.807, 2.05) is 13.8 Å². The fourth-order valence-electron chi connectivity index (χ4n) is 5.79. The number of nitrogens with one attached hydrogen (secondary N) is 1. The number of anilines is 1. The Labute approximate surface area is 233 Å². The summed E-state index contributed by atoms with van der Waals surface area (Å²) in [5.74, 6) is -1.31. The molecule has 3 fully saturated rings. The number of hydrogen-bond acceptors (Lipinski definition) is 8. The van der Waals surface area contributed by atoms with Crippen LogP contribution in [-0.2, 0) is 23.7 Å². The number of methoxy groups -OCH3 is 1. The van der Waals surface area contributed by atoms with Crippen LogP contribution in [0.4, 0.5) is 10.5 Å². The van der Waals surface area contributed by atoms with Gasteiger partial charge in [-0.25, -0.2) is 4.79 Å². The molecule has 3 heterocycles. The molecular weight excluding hydrogens is 500 g/mol. The van der Waals surface area contributed by atoms with E-state index in [1.165, 1.54) is 32.1 Å². The summed E-state index contributed by atoms with van der Waals surface area (Å²) in [6.45, 7) is 9.44. The largest absolute Gasteiger partial charge is 0.497 e. The van der Waals surface area contributed by atoms with Gasteiger partial charge in [0.05, 0.1) is 7.11 Å². The second-order valence-corrected chi connectivity index (χ2v) is 11.4. The van der Waals surface area contributed by atoms with Gasteiger partial charge in [0.25, 0.3) is 0 Å². The predicted molar refractivity (Wildman–Crippen MR) is 149 cm³/mol. The van der Waals surface area contributed by atoms with Crippen LogP contribution in [0.25, 0.3) is 0 Å². The minimum atomic E-state index is -1.13. The highest BCUT2D eigenvalue weighted by molar-refractivity contribution is 5.84. The zero-order valence-electron chi connectivity index (χ0n) is 24.2. The standard InChI is InChI=1S/C30H48N2O7/c1-5-6-7-10-13-20-35-22-30-27(38-29(2,3)39-30)26(25(37-30)21-32-18-11-8-9-12-19-32)36-28(33)31-23-14-16-24(34-4)17-15-23/h14-17,25-27H,5-13,18-22H2,1-4H3,(H,31,33)/t25-,26+,27-,30-/m0/s1. The molecule has 1 N–H and O–H groups in total. The Morgan fingerprint density at radius 1 is 1.03 bits per heavy atom. The summed E-state index contributed by atoms with van der Waals surface area (Å²) in [4.78, 5) is 15.5. The lowest BCUT2D eigenvalue weighted by atomic mass is 10.0. The summed E-state index contributed by atoms with van der Waals surface area (Å²) in [5, 5.41) is 2.83. The average molecular weight is 549 g/mol. The van der Waals surface area contributed by atoms with Crippen LogP contribution in [0.15, 0.2) is 24.3 Å². The topological polar surface area (TPSA) is 87.7 Å². The molecule has 9 heteroatoms. The Morgan fingerprint density at radius 2 is 1.74 bits per heavy atom. The second-order valence-electron chi connectivity index (χ2n) is 11.4. The molecule has 1 aromatic rings. The normalized spacial score (nSPS) is 28.6. The molecule has 1 amide bonds. The lowest BCUT2D eigenvalue weighted by Crippen LogP contribution is -2.46. The van der Waals surface area contributed by atoms with Crippen LogP contribution >= 0.6 is 0 Å². The Balaban J connectivity index is 1.46. The van der Waals surface area contributed by atoms with Crippen molar-refractivity contribution in [1.29, 1.82) is 0 Å². The number of unbranched alkanes of at least 4 members (excludes halogenated alkanes) is 4. The van der Waals surface area contributed by atoms with E-state index in [0.717, 1.165) is 38.8 Å². The molecule has 4 rings (SSSR count). The van der Waals surface area contributed by atoms with Gasteiger partial charge in [0.1, 0.15) is 18.5 Å². The summed E-state index contributed by atoms with van der Waals surface area (Å²) in [5.41, 5.74) is 0.616. The van der Waals surface area contributed by atoms with Gasteiger partial charge < -0.3 is 33.3 Å². The molecule has 3 aliphatic rings. The van der Waals surface area contributed by atoms with E-state index < -0.39 is 36.0 Å². The zero-order chi connectivity index (χ0) is 27.7. The molecule has 4 atom stereocenters. The number of rotatable bonds is 13. The molecule has 0 saturated carbocycles. The third-order valence-electron chi connectivity index (χ3n) is 7.69. The Kier molecular flexibility index (Phi) is 10.9. The molecule has 3 aliphatic heterocycles. The Bertz CT molecular complexity index is 888. The number of carbonyl (C=O) groups excluding carboxylic acids is 1. The van der Waals surface area contributed by atoms with E-state index in [4.69, 9.17) is 28.4 Å². The van der Waals surface area contributed by atoms with Gasteiger partial charge in [0.2, 0.25) is 5.79 Å². The molecule has 0 aromatic heterocycles. The van der Waals surface area contributed by atoms with E-state index in [1.54, 1.807) is 31.4 Å².